The van der Waals surface area contributed by atoms with Gasteiger partial charge in [0.25, 0.3) is 11.8 Å². The minimum Gasteiger partial charge on any atom is -0.354 e. The standard InChI is InChI=1S/C37H44N8O5/c1-24(2)20-32-42-28-14-13-27-22-31(28)45(32)18-9-16-39-34(47)25(3)41-36(49)30(21-26-10-5-4-6-11-26)43-33(46)23-44(19-17-40-35(27)48)37(50)29-12-7-8-15-38-29/h4-8,10-15,22,24-25,30H,9,16-21,23H2,1-3H3,(H,39,47)(H,40,48)(H,41,49)(H,43,46)/t25-,30+/m1/s1. The molecule has 0 spiro atoms. The second-order valence-corrected chi connectivity index (χ2v) is 12.9. The van der Waals surface area contributed by atoms with Crippen molar-refractivity contribution in [2.45, 2.75) is 58.7 Å². The first-order chi connectivity index (χ1) is 24.1. The molecule has 1 aliphatic rings. The number of imidazole rings is 1. The summed E-state index contributed by atoms with van der Waals surface area (Å²) in [6.07, 6.45) is 2.97. The second-order valence-electron chi connectivity index (χ2n) is 12.9. The molecule has 262 valence electrons. The Bertz CT molecular complexity index is 1830. The van der Waals surface area contributed by atoms with Gasteiger partial charge in [-0.3, -0.25) is 29.0 Å². The number of pyridine rings is 1. The van der Waals surface area contributed by atoms with Crippen molar-refractivity contribution in [2.75, 3.05) is 26.2 Å². The molecule has 0 unspecified atom stereocenters. The molecule has 0 radical (unpaired) electrons. The van der Waals surface area contributed by atoms with Gasteiger partial charge in [-0.2, -0.15) is 0 Å². The van der Waals surface area contributed by atoms with Gasteiger partial charge >= 0.3 is 0 Å². The van der Waals surface area contributed by atoms with Crippen molar-refractivity contribution in [2.24, 2.45) is 5.92 Å². The lowest BCUT2D eigenvalue weighted by Crippen LogP contribution is -2.55. The Kier molecular flexibility index (Phi) is 11.9. The lowest BCUT2D eigenvalue weighted by Gasteiger charge is -2.25. The van der Waals surface area contributed by atoms with E-state index in [9.17, 15) is 24.0 Å². The average molecular weight is 681 g/mol. The fourth-order valence-corrected chi connectivity index (χ4v) is 5.85. The van der Waals surface area contributed by atoms with E-state index in [4.69, 9.17) is 4.98 Å². The van der Waals surface area contributed by atoms with E-state index in [0.717, 1.165) is 28.8 Å². The summed E-state index contributed by atoms with van der Waals surface area (Å²) in [7, 11) is 0. The number of rotatable bonds is 5. The van der Waals surface area contributed by atoms with Crippen LogP contribution in [0.15, 0.2) is 72.9 Å². The number of aryl methyl sites for hydroxylation is 1. The molecule has 2 aromatic carbocycles. The molecule has 0 saturated heterocycles. The van der Waals surface area contributed by atoms with Gasteiger partial charge in [-0.05, 0) is 55.2 Å². The molecule has 13 nitrogen and oxygen atoms in total. The first kappa shape index (κ1) is 35.7. The van der Waals surface area contributed by atoms with Crippen molar-refractivity contribution in [3.63, 3.8) is 0 Å². The number of amides is 5. The number of fused-ring (bicyclic) bond motifs is 1. The second kappa shape index (κ2) is 16.7. The SMILES string of the molecule is CC(C)Cc1nc2ccc3cc2n1CCCNC(=O)[C@@H](C)NC(=O)[C@H](Cc1ccccc1)NC(=O)CN(C(=O)c1ccccn1)CCNC3=O. The van der Waals surface area contributed by atoms with E-state index in [0.29, 0.717) is 31.0 Å². The van der Waals surface area contributed by atoms with Crippen LogP contribution in [0.3, 0.4) is 0 Å². The molecule has 0 fully saturated rings. The minimum absolute atomic E-state index is 0.0000344. The quantitative estimate of drug-likeness (QED) is 0.251. The monoisotopic (exact) mass is 680 g/mol. The molecule has 3 heterocycles. The van der Waals surface area contributed by atoms with Crippen LogP contribution in [0, 0.1) is 5.92 Å². The van der Waals surface area contributed by atoms with Crippen LogP contribution in [0.5, 0.6) is 0 Å². The van der Waals surface area contributed by atoms with Crippen LogP contribution in [-0.2, 0) is 33.8 Å². The first-order valence-corrected chi connectivity index (χ1v) is 17.0. The lowest BCUT2D eigenvalue weighted by molar-refractivity contribution is -0.132. The lowest BCUT2D eigenvalue weighted by atomic mass is 10.0. The van der Waals surface area contributed by atoms with Gasteiger partial charge in [0.05, 0.1) is 17.6 Å². The summed E-state index contributed by atoms with van der Waals surface area (Å²) in [5, 5.41) is 11.3. The first-order valence-electron chi connectivity index (χ1n) is 17.0. The molecule has 0 aliphatic carbocycles. The molecule has 13 heteroatoms. The summed E-state index contributed by atoms with van der Waals surface area (Å²) in [4.78, 5) is 77.3. The summed E-state index contributed by atoms with van der Waals surface area (Å²) in [5.41, 5.74) is 2.93. The number of nitrogens with one attached hydrogen (secondary N) is 4. The van der Waals surface area contributed by atoms with Crippen molar-refractivity contribution in [1.82, 2.24) is 40.7 Å². The molecule has 2 bridgehead atoms. The molecule has 4 aromatic rings. The maximum absolute atomic E-state index is 13.5. The molecule has 4 N–H and O–H groups in total. The predicted molar refractivity (Wildman–Crippen MR) is 188 cm³/mol. The maximum atomic E-state index is 13.5. The van der Waals surface area contributed by atoms with E-state index in [2.05, 4.69) is 44.7 Å². The van der Waals surface area contributed by atoms with E-state index in [-0.39, 0.29) is 37.0 Å². The Morgan fingerprint density at radius 3 is 2.42 bits per heavy atom. The Balaban J connectivity index is 1.44. The largest absolute Gasteiger partial charge is 0.354 e. The third kappa shape index (κ3) is 9.30. The van der Waals surface area contributed by atoms with Gasteiger partial charge in [0.1, 0.15) is 23.6 Å². The van der Waals surface area contributed by atoms with Crippen LogP contribution in [-0.4, -0.2) is 87.2 Å². The fourth-order valence-electron chi connectivity index (χ4n) is 5.85. The van der Waals surface area contributed by atoms with Gasteiger partial charge in [0, 0.05) is 50.8 Å². The highest BCUT2D eigenvalue weighted by Gasteiger charge is 2.27. The van der Waals surface area contributed by atoms with Crippen molar-refractivity contribution in [3.05, 3.63) is 95.6 Å². The Morgan fingerprint density at radius 1 is 0.900 bits per heavy atom. The van der Waals surface area contributed by atoms with E-state index in [1.165, 1.54) is 11.1 Å². The Morgan fingerprint density at radius 2 is 1.68 bits per heavy atom. The summed E-state index contributed by atoms with van der Waals surface area (Å²) in [6, 6.07) is 17.5. The number of hydrogen-bond donors (Lipinski definition) is 4. The molecule has 2 atom stereocenters. The highest BCUT2D eigenvalue weighted by molar-refractivity contribution is 5.98. The van der Waals surface area contributed by atoms with Crippen LogP contribution >= 0.6 is 0 Å². The third-order valence-electron chi connectivity index (χ3n) is 8.40. The zero-order valence-electron chi connectivity index (χ0n) is 28.6. The molecule has 50 heavy (non-hydrogen) atoms. The zero-order chi connectivity index (χ0) is 35.6. The molecule has 0 saturated carbocycles. The number of hydrogen-bond acceptors (Lipinski definition) is 7. The van der Waals surface area contributed by atoms with E-state index < -0.39 is 36.3 Å². The highest BCUT2D eigenvalue weighted by Crippen LogP contribution is 2.21. The summed E-state index contributed by atoms with van der Waals surface area (Å²) in [5.74, 6) is -1.10. The number of nitrogens with zero attached hydrogens (tertiary/aromatic N) is 4. The Labute approximate surface area is 291 Å². The minimum atomic E-state index is -1.03. The van der Waals surface area contributed by atoms with Crippen LogP contribution in [0.4, 0.5) is 0 Å². The molecule has 5 amide bonds. The maximum Gasteiger partial charge on any atom is 0.272 e. The van der Waals surface area contributed by atoms with Crippen LogP contribution in [0.1, 0.15) is 59.4 Å². The number of carbonyl (C=O) groups excluding carboxylic acids is 5. The topological polar surface area (TPSA) is 167 Å². The fraction of sp³-hybridized carbons (Fsp3) is 0.378. The van der Waals surface area contributed by atoms with Gasteiger partial charge in [0.15, 0.2) is 0 Å². The van der Waals surface area contributed by atoms with Crippen molar-refractivity contribution < 1.29 is 24.0 Å². The van der Waals surface area contributed by atoms with Crippen molar-refractivity contribution >= 4 is 40.6 Å². The highest BCUT2D eigenvalue weighted by atomic mass is 16.2. The zero-order valence-corrected chi connectivity index (χ0v) is 28.6. The van der Waals surface area contributed by atoms with Crippen LogP contribution in [0.25, 0.3) is 11.0 Å². The van der Waals surface area contributed by atoms with Crippen molar-refractivity contribution in [3.8, 4) is 0 Å². The van der Waals surface area contributed by atoms with E-state index in [1.54, 1.807) is 37.3 Å². The van der Waals surface area contributed by atoms with Gasteiger partial charge < -0.3 is 30.7 Å². The molecular weight excluding hydrogens is 636 g/mol. The number of aromatic nitrogens is 3. The number of carbonyl (C=O) groups is 5. The van der Waals surface area contributed by atoms with Gasteiger partial charge in [-0.25, -0.2) is 4.98 Å². The summed E-state index contributed by atoms with van der Waals surface area (Å²) < 4.78 is 2.09. The third-order valence-corrected chi connectivity index (χ3v) is 8.40. The van der Waals surface area contributed by atoms with Gasteiger partial charge in [-0.15, -0.1) is 0 Å². The molecule has 2 aromatic heterocycles. The predicted octanol–water partition coefficient (Wildman–Crippen LogP) is 2.25. The molecular formula is C37H44N8O5. The van der Waals surface area contributed by atoms with E-state index in [1.807, 2.05) is 36.4 Å². The van der Waals surface area contributed by atoms with Gasteiger partial charge in [0.2, 0.25) is 17.7 Å². The normalized spacial score (nSPS) is 18.6. The summed E-state index contributed by atoms with van der Waals surface area (Å²) in [6.45, 7) is 6.39. The van der Waals surface area contributed by atoms with Crippen LogP contribution < -0.4 is 21.3 Å². The average Bonchev–Trinajstić information content (AvgIpc) is 3.44. The van der Waals surface area contributed by atoms with E-state index >= 15 is 0 Å². The number of benzene rings is 2. The van der Waals surface area contributed by atoms with Gasteiger partial charge in [-0.1, -0.05) is 50.2 Å². The smallest absolute Gasteiger partial charge is 0.272 e. The molecule has 5 rings (SSSR count). The molecule has 1 aliphatic heterocycles. The Hall–Kier alpha value is -5.59. The summed E-state index contributed by atoms with van der Waals surface area (Å²) >= 11 is 0. The van der Waals surface area contributed by atoms with Crippen LogP contribution in [0.2, 0.25) is 0 Å². The van der Waals surface area contributed by atoms with Crippen molar-refractivity contribution in [1.29, 1.82) is 0 Å².